The first-order valence-electron chi connectivity index (χ1n) is 3.56. The van der Waals surface area contributed by atoms with Gasteiger partial charge in [0.15, 0.2) is 0 Å². The van der Waals surface area contributed by atoms with Gasteiger partial charge in [-0.3, -0.25) is 0 Å². The number of rotatable bonds is 1. The van der Waals surface area contributed by atoms with E-state index in [-0.39, 0.29) is 12.5 Å². The van der Waals surface area contributed by atoms with Crippen LogP contribution in [0, 0.1) is 0 Å². The zero-order chi connectivity index (χ0) is 10.1. The molecule has 0 aliphatic carbocycles. The Hall–Kier alpha value is -0.980. The van der Waals surface area contributed by atoms with E-state index < -0.39 is 18.4 Å². The summed E-state index contributed by atoms with van der Waals surface area (Å²) in [6.07, 6.45) is -5.67. The van der Waals surface area contributed by atoms with Crippen molar-refractivity contribution in [3.8, 4) is 0 Å². The van der Waals surface area contributed by atoms with Crippen molar-refractivity contribution in [2.24, 2.45) is 5.16 Å². The molecule has 0 saturated heterocycles. The van der Waals surface area contributed by atoms with Gasteiger partial charge < -0.3 is 14.7 Å². The molecule has 0 radical (unpaired) electrons. The summed E-state index contributed by atoms with van der Waals surface area (Å²) in [5.74, 6) is -3.47. The van der Waals surface area contributed by atoms with Crippen LogP contribution in [-0.4, -0.2) is 29.6 Å². The molecule has 1 atom stereocenters. The van der Waals surface area contributed by atoms with E-state index in [2.05, 4.69) is 14.7 Å². The smallest absolute Gasteiger partial charge is 0.458 e. The fraction of sp³-hybridized carbons (Fsp3) is 0.833. The molecule has 1 heterocycles. The van der Waals surface area contributed by atoms with Gasteiger partial charge in [0.2, 0.25) is 5.90 Å². The largest absolute Gasteiger partial charge is 0.479 e. The van der Waals surface area contributed by atoms with Gasteiger partial charge in [-0.2, -0.15) is 13.2 Å². The van der Waals surface area contributed by atoms with Gasteiger partial charge in [-0.25, -0.2) is 0 Å². The molecule has 0 aromatic carbocycles. The van der Waals surface area contributed by atoms with E-state index in [4.69, 9.17) is 5.11 Å². The van der Waals surface area contributed by atoms with Crippen molar-refractivity contribution in [3.05, 3.63) is 0 Å². The fourth-order valence-corrected chi connectivity index (χ4v) is 0.792. The van der Waals surface area contributed by atoms with Crippen molar-refractivity contribution < 1.29 is 27.9 Å². The summed E-state index contributed by atoms with van der Waals surface area (Å²) in [5, 5.41) is 11.9. The van der Waals surface area contributed by atoms with Crippen LogP contribution in [0.15, 0.2) is 5.16 Å². The summed E-state index contributed by atoms with van der Waals surface area (Å²) < 4.78 is 40.8. The van der Waals surface area contributed by atoms with Gasteiger partial charge >= 0.3 is 12.0 Å². The first-order chi connectivity index (χ1) is 5.89. The molecule has 7 heteroatoms. The van der Waals surface area contributed by atoms with E-state index in [9.17, 15) is 13.2 Å². The van der Waals surface area contributed by atoms with Gasteiger partial charge in [0.25, 0.3) is 0 Å². The fourth-order valence-electron chi connectivity index (χ4n) is 0.792. The molecular formula is C6H8F3NO3. The average molecular weight is 199 g/mol. The molecule has 0 spiro atoms. The third-order valence-corrected chi connectivity index (χ3v) is 1.44. The highest BCUT2D eigenvalue weighted by Gasteiger charge is 2.61. The lowest BCUT2D eigenvalue weighted by atomic mass is 10.2. The summed E-state index contributed by atoms with van der Waals surface area (Å²) in [6, 6.07) is 0. The lowest BCUT2D eigenvalue weighted by molar-refractivity contribution is -0.355. The molecule has 1 aliphatic rings. The molecule has 1 N–H and O–H groups in total. The first-order valence-corrected chi connectivity index (χ1v) is 3.56. The minimum absolute atomic E-state index is 0.177. The summed E-state index contributed by atoms with van der Waals surface area (Å²) in [6.45, 7) is 1.77. The number of alkyl halides is 3. The molecule has 0 aromatic heterocycles. The van der Waals surface area contributed by atoms with Gasteiger partial charge in [-0.05, 0) is 12.1 Å². The Morgan fingerprint density at radius 2 is 2.31 bits per heavy atom. The lowest BCUT2D eigenvalue weighted by Gasteiger charge is -2.21. The summed E-state index contributed by atoms with van der Waals surface area (Å²) >= 11 is 0. The third-order valence-electron chi connectivity index (χ3n) is 1.44. The van der Waals surface area contributed by atoms with Crippen molar-refractivity contribution in [1.82, 2.24) is 0 Å². The Morgan fingerprint density at radius 3 is 2.69 bits per heavy atom. The van der Waals surface area contributed by atoms with Crippen LogP contribution >= 0.6 is 0 Å². The minimum atomic E-state index is -4.87. The Labute approximate surface area is 71.9 Å². The van der Waals surface area contributed by atoms with E-state index in [1.54, 1.807) is 6.92 Å². The molecule has 0 saturated carbocycles. The Balaban J connectivity index is 2.62. The number of nitrogens with zero attached hydrogens (tertiary/aromatic N) is 1. The number of hydrogen-bond donors (Lipinski definition) is 1. The monoisotopic (exact) mass is 199 g/mol. The summed E-state index contributed by atoms with van der Waals surface area (Å²) in [4.78, 5) is 3.86. The van der Waals surface area contributed by atoms with Crippen LogP contribution in [-0.2, 0) is 9.57 Å². The second-order valence-electron chi connectivity index (χ2n) is 2.47. The second-order valence-corrected chi connectivity index (χ2v) is 2.47. The van der Waals surface area contributed by atoms with Crippen LogP contribution in [0.3, 0.4) is 0 Å². The maximum atomic E-state index is 12.1. The van der Waals surface area contributed by atoms with Crippen LogP contribution in [0.1, 0.15) is 13.3 Å². The van der Waals surface area contributed by atoms with Crippen molar-refractivity contribution in [3.63, 3.8) is 0 Å². The number of halogens is 3. The molecule has 0 bridgehead atoms. The highest BCUT2D eigenvalue weighted by molar-refractivity contribution is 5.77. The van der Waals surface area contributed by atoms with Crippen LogP contribution in [0.2, 0.25) is 0 Å². The average Bonchev–Trinajstić information content (AvgIpc) is 2.32. The standard InChI is InChI=1S/C6H8F3NO3/c1-2-12-4-3-5(11,13-10-4)6(7,8)9/h11H,2-3H2,1H3. The van der Waals surface area contributed by atoms with Crippen molar-refractivity contribution in [2.75, 3.05) is 6.61 Å². The SMILES string of the molecule is CCOC1=NOC(O)(C(F)(F)F)C1. The molecule has 0 aromatic rings. The Kier molecular flexibility index (Phi) is 2.38. The van der Waals surface area contributed by atoms with Crippen LogP contribution in [0.5, 0.6) is 0 Å². The number of aliphatic hydroxyl groups is 1. The molecular weight excluding hydrogens is 191 g/mol. The molecule has 13 heavy (non-hydrogen) atoms. The van der Waals surface area contributed by atoms with E-state index in [0.717, 1.165) is 0 Å². The van der Waals surface area contributed by atoms with E-state index in [1.165, 1.54) is 0 Å². The third kappa shape index (κ3) is 1.85. The highest BCUT2D eigenvalue weighted by Crippen LogP contribution is 2.37. The number of ether oxygens (including phenoxy) is 1. The lowest BCUT2D eigenvalue weighted by Crippen LogP contribution is -2.45. The summed E-state index contributed by atoms with van der Waals surface area (Å²) in [7, 11) is 0. The van der Waals surface area contributed by atoms with Gasteiger partial charge in [0.05, 0.1) is 6.61 Å². The molecule has 1 unspecified atom stereocenters. The van der Waals surface area contributed by atoms with Gasteiger partial charge in [0, 0.05) is 0 Å². The van der Waals surface area contributed by atoms with Crippen molar-refractivity contribution >= 4 is 5.90 Å². The highest BCUT2D eigenvalue weighted by atomic mass is 19.4. The molecule has 76 valence electrons. The van der Waals surface area contributed by atoms with Gasteiger partial charge in [-0.15, -0.1) is 0 Å². The topological polar surface area (TPSA) is 51.0 Å². The van der Waals surface area contributed by atoms with Crippen LogP contribution in [0.25, 0.3) is 0 Å². The van der Waals surface area contributed by atoms with E-state index in [0.29, 0.717) is 0 Å². The number of oxime groups is 1. The minimum Gasteiger partial charge on any atom is -0.479 e. The van der Waals surface area contributed by atoms with Crippen molar-refractivity contribution in [1.29, 1.82) is 0 Å². The molecule has 0 fully saturated rings. The maximum Gasteiger partial charge on any atom is 0.458 e. The normalized spacial score (nSPS) is 28.2. The van der Waals surface area contributed by atoms with Crippen LogP contribution in [0.4, 0.5) is 13.2 Å². The zero-order valence-corrected chi connectivity index (χ0v) is 6.76. The van der Waals surface area contributed by atoms with Crippen molar-refractivity contribution in [2.45, 2.75) is 25.3 Å². The molecule has 1 aliphatic heterocycles. The predicted molar refractivity (Wildman–Crippen MR) is 35.8 cm³/mol. The molecule has 4 nitrogen and oxygen atoms in total. The number of hydrogen-bond acceptors (Lipinski definition) is 4. The second kappa shape index (κ2) is 3.06. The molecule has 1 rings (SSSR count). The Morgan fingerprint density at radius 1 is 1.69 bits per heavy atom. The van der Waals surface area contributed by atoms with E-state index in [1.807, 2.05) is 0 Å². The predicted octanol–water partition coefficient (Wildman–Crippen LogP) is 1.01. The van der Waals surface area contributed by atoms with E-state index >= 15 is 0 Å². The first kappa shape index (κ1) is 10.1. The van der Waals surface area contributed by atoms with Gasteiger partial charge in [-0.1, -0.05) is 0 Å². The van der Waals surface area contributed by atoms with Crippen LogP contribution < -0.4 is 0 Å². The Bertz CT molecular complexity index is 228. The van der Waals surface area contributed by atoms with Gasteiger partial charge in [0.1, 0.15) is 6.42 Å². The quantitative estimate of drug-likeness (QED) is 0.685. The zero-order valence-electron chi connectivity index (χ0n) is 6.76. The maximum absolute atomic E-state index is 12.1. The summed E-state index contributed by atoms with van der Waals surface area (Å²) in [5.41, 5.74) is 0. The molecule has 0 amide bonds.